The van der Waals surface area contributed by atoms with E-state index < -0.39 is 21.5 Å². The molecular formula is C47H59Cl2SiZr. The van der Waals surface area contributed by atoms with Gasteiger partial charge in [-0.3, -0.25) is 0 Å². The van der Waals surface area contributed by atoms with Crippen molar-refractivity contribution in [1.29, 1.82) is 0 Å². The van der Waals surface area contributed by atoms with Gasteiger partial charge in [-0.2, -0.15) is 0 Å². The normalized spacial score (nSPS) is 18.4. The quantitative estimate of drug-likeness (QED) is 0.156. The summed E-state index contributed by atoms with van der Waals surface area (Å²) < 4.78 is 0.161. The van der Waals surface area contributed by atoms with Gasteiger partial charge in [0.1, 0.15) is 0 Å². The molecule has 0 spiro atoms. The average Bonchev–Trinajstić information content (AvgIpc) is 3.64. The van der Waals surface area contributed by atoms with Crippen LogP contribution in [-0.2, 0) is 32.8 Å². The summed E-state index contributed by atoms with van der Waals surface area (Å²) >= 11 is -4.91. The fourth-order valence-electron chi connectivity index (χ4n) is 9.09. The first kappa shape index (κ1) is 38.8. The standard InChI is InChI=1S/C23H27.C22H25.C2H7Si.2ClH.Zr/c1-6-7-17-10-13-20(22-15-16(2)14-21(17)22)18-8-11-19(12-9-18)23(3,4)5;1-15(2)18-13-17-7-6-8-20(21(17)14-18)16-9-11-19(12-10-16)22(3,4)5;1-3-2;;;/h8-15H,6-7H2,1-5H3;6-15H,1-5H3;3H,1-2H3;2*1H;/q;;;;;+2/p-2. The predicted molar refractivity (Wildman–Crippen MR) is 228 cm³/mol. The van der Waals surface area contributed by atoms with Crippen molar-refractivity contribution in [2.75, 3.05) is 0 Å². The molecule has 4 heteroatoms. The maximum absolute atomic E-state index is 8.80. The molecule has 0 bridgehead atoms. The summed E-state index contributed by atoms with van der Waals surface area (Å²) in [5, 5.41) is 0. The van der Waals surface area contributed by atoms with Crippen LogP contribution in [0.25, 0.3) is 34.4 Å². The predicted octanol–water partition coefficient (Wildman–Crippen LogP) is 14.8. The van der Waals surface area contributed by atoms with Gasteiger partial charge in [-0.1, -0.05) is 0 Å². The number of halogens is 2. The molecule has 0 N–H and O–H groups in total. The van der Waals surface area contributed by atoms with Crippen LogP contribution in [-0.4, -0.2) is 5.92 Å². The Morgan fingerprint density at radius 1 is 0.686 bits per heavy atom. The van der Waals surface area contributed by atoms with Gasteiger partial charge in [0, 0.05) is 0 Å². The summed E-state index contributed by atoms with van der Waals surface area (Å²) in [6, 6.07) is 30.2. The van der Waals surface area contributed by atoms with Crippen LogP contribution in [0.15, 0.2) is 90.0 Å². The van der Waals surface area contributed by atoms with E-state index in [2.05, 4.69) is 173 Å². The molecule has 0 radical (unpaired) electrons. The fraction of sp³-hybridized carbons (Fsp3) is 0.404. The Morgan fingerprint density at radius 3 is 1.69 bits per heavy atom. The van der Waals surface area contributed by atoms with Crippen molar-refractivity contribution in [1.82, 2.24) is 0 Å². The molecule has 2 unspecified atom stereocenters. The molecule has 2 atom stereocenters. The second kappa shape index (κ2) is 13.7. The summed E-state index contributed by atoms with van der Waals surface area (Å²) in [4.78, 5) is 0. The zero-order valence-electron chi connectivity index (χ0n) is 33.1. The van der Waals surface area contributed by atoms with E-state index >= 15 is 0 Å². The molecule has 51 heavy (non-hydrogen) atoms. The van der Waals surface area contributed by atoms with Gasteiger partial charge in [0.25, 0.3) is 0 Å². The molecular weight excluding hydrogens is 755 g/mol. The molecule has 2 aliphatic rings. The Hall–Kier alpha value is -1.96. The van der Waals surface area contributed by atoms with Crippen LogP contribution in [0.2, 0.25) is 13.1 Å². The number of hydrogen-bond acceptors (Lipinski definition) is 0. The van der Waals surface area contributed by atoms with Gasteiger partial charge in [-0.15, -0.1) is 0 Å². The first-order chi connectivity index (χ1) is 23.8. The third-order valence-corrected chi connectivity index (χ3v) is 64.0. The molecule has 269 valence electrons. The van der Waals surface area contributed by atoms with Gasteiger partial charge in [0.15, 0.2) is 0 Å². The molecule has 0 aliphatic heterocycles. The molecule has 0 heterocycles. The van der Waals surface area contributed by atoms with Crippen LogP contribution >= 0.6 is 17.0 Å². The van der Waals surface area contributed by atoms with E-state index in [4.69, 9.17) is 17.0 Å². The summed E-state index contributed by atoms with van der Waals surface area (Å²) in [5.41, 5.74) is 17.8. The number of fused-ring (bicyclic) bond motifs is 2. The van der Waals surface area contributed by atoms with Crippen LogP contribution in [0.3, 0.4) is 0 Å². The van der Waals surface area contributed by atoms with Crippen molar-refractivity contribution < 1.29 is 15.6 Å². The van der Waals surface area contributed by atoms with Gasteiger partial charge in [-0.25, -0.2) is 0 Å². The Balaban J connectivity index is 1.57. The Morgan fingerprint density at radius 2 is 1.22 bits per heavy atom. The molecule has 0 aromatic heterocycles. The van der Waals surface area contributed by atoms with E-state index in [0.29, 0.717) is 5.92 Å². The molecule has 0 fully saturated rings. The minimum atomic E-state index is -4.91. The van der Waals surface area contributed by atoms with Crippen molar-refractivity contribution in [2.24, 2.45) is 5.92 Å². The second-order valence-corrected chi connectivity index (χ2v) is 60.8. The SMILES string of the molecule is CCCc1ccc(-c2ccc(C(C)(C)C)cc2)c2c1[CH]([Zr]([Cl])([Cl])([CH]1C(C(C)C)=Cc3c(-c4ccc(C(C)(C)C)cc4)cccc31)[SiH](C)C)C(C)=C2. The molecule has 0 nitrogen and oxygen atoms in total. The fourth-order valence-corrected chi connectivity index (χ4v) is 41.2. The Labute approximate surface area is 318 Å². The van der Waals surface area contributed by atoms with Crippen LogP contribution in [0.4, 0.5) is 0 Å². The van der Waals surface area contributed by atoms with Crippen LogP contribution in [0.1, 0.15) is 122 Å². The molecule has 4 aromatic rings. The third kappa shape index (κ3) is 6.62. The van der Waals surface area contributed by atoms with Crippen molar-refractivity contribution in [2.45, 2.75) is 113 Å². The molecule has 0 saturated carbocycles. The minimum absolute atomic E-state index is 0.0775. The van der Waals surface area contributed by atoms with Gasteiger partial charge >= 0.3 is 321 Å². The van der Waals surface area contributed by atoms with Crippen molar-refractivity contribution in [3.8, 4) is 22.3 Å². The summed E-state index contributed by atoms with van der Waals surface area (Å²) in [5.74, 6) is -1.33. The van der Waals surface area contributed by atoms with E-state index in [1.165, 1.54) is 72.3 Å². The molecule has 6 rings (SSSR count). The van der Waals surface area contributed by atoms with E-state index in [1.54, 1.807) is 0 Å². The van der Waals surface area contributed by atoms with Crippen LogP contribution in [0, 0.1) is 5.92 Å². The van der Waals surface area contributed by atoms with Crippen molar-refractivity contribution in [3.63, 3.8) is 0 Å². The number of benzene rings is 4. The number of hydrogen-bond donors (Lipinski definition) is 0. The first-order valence-corrected chi connectivity index (χ1v) is 35.6. The number of aryl methyl sites for hydroxylation is 1. The molecule has 0 saturated heterocycles. The van der Waals surface area contributed by atoms with Gasteiger partial charge < -0.3 is 0 Å². The Kier molecular flexibility index (Phi) is 10.4. The zero-order chi connectivity index (χ0) is 37.3. The molecule has 0 amide bonds. The maximum atomic E-state index is 8.80. The first-order valence-electron chi connectivity index (χ1n) is 19.3. The van der Waals surface area contributed by atoms with E-state index in [-0.39, 0.29) is 18.1 Å². The summed E-state index contributed by atoms with van der Waals surface area (Å²) in [6.07, 6.45) is 7.10. The number of allylic oxidation sites excluding steroid dienone is 2. The van der Waals surface area contributed by atoms with Crippen LogP contribution in [0.5, 0.6) is 0 Å². The summed E-state index contributed by atoms with van der Waals surface area (Å²) in [7, 11) is 17.6. The average molecular weight is 814 g/mol. The van der Waals surface area contributed by atoms with Crippen LogP contribution < -0.4 is 0 Å². The zero-order valence-corrected chi connectivity index (χ0v) is 38.3. The van der Waals surface area contributed by atoms with Gasteiger partial charge in [-0.05, 0) is 0 Å². The van der Waals surface area contributed by atoms with E-state index in [9.17, 15) is 0 Å². The van der Waals surface area contributed by atoms with Crippen molar-refractivity contribution >= 4 is 35.1 Å². The molecule has 4 aromatic carbocycles. The van der Waals surface area contributed by atoms with Crippen molar-refractivity contribution in [3.05, 3.63) is 129 Å². The molecule has 2 aliphatic carbocycles. The van der Waals surface area contributed by atoms with E-state index in [1.807, 2.05) is 0 Å². The monoisotopic (exact) mass is 811 g/mol. The van der Waals surface area contributed by atoms with E-state index in [0.717, 1.165) is 12.8 Å². The third-order valence-electron chi connectivity index (χ3n) is 12.1. The number of rotatable bonds is 8. The topological polar surface area (TPSA) is 0 Å². The summed E-state index contributed by atoms with van der Waals surface area (Å²) in [6.45, 7) is 28.0. The van der Waals surface area contributed by atoms with Gasteiger partial charge in [0.2, 0.25) is 0 Å². The Bertz CT molecular complexity index is 2010. The second-order valence-electron chi connectivity index (χ2n) is 18.2. The van der Waals surface area contributed by atoms with Gasteiger partial charge in [0.05, 0.1) is 0 Å².